The normalized spacial score (nSPS) is 0. The van der Waals surface area contributed by atoms with Crippen molar-refractivity contribution in [1.82, 2.24) is 0 Å². The quantitative estimate of drug-likeness (QED) is 0.471. The molecule has 0 saturated heterocycles. The van der Waals surface area contributed by atoms with Gasteiger partial charge in [-0.05, 0) is 11.0 Å². The Morgan fingerprint density at radius 2 is 1.25 bits per heavy atom. The second-order valence-corrected chi connectivity index (χ2v) is 0. The first-order chi connectivity index (χ1) is 0. The van der Waals surface area contributed by atoms with Crippen LogP contribution in [0, 0.1) is 0 Å². The van der Waals surface area contributed by atoms with E-state index in [1.54, 1.807) is 0 Å². The Labute approximate surface area is 94.9 Å². The van der Waals surface area contributed by atoms with Crippen molar-refractivity contribution in [3.05, 3.63) is 0 Å². The van der Waals surface area contributed by atoms with Crippen molar-refractivity contribution in [3.8, 4) is 0 Å². The Kier molecular flexibility index (Phi) is 123. The average molecular weight is 290 g/mol. The van der Waals surface area contributed by atoms with Crippen LogP contribution in [0.1, 0.15) is 2.85 Å². The summed E-state index contributed by atoms with van der Waals surface area (Å²) in [6.45, 7) is 0. The summed E-state index contributed by atoms with van der Waals surface area (Å²) in [5.74, 6) is 0. The van der Waals surface area contributed by atoms with Gasteiger partial charge in [-0.2, -0.15) is 0 Å². The summed E-state index contributed by atoms with van der Waals surface area (Å²) < 4.78 is 0. The molecule has 0 unspecified atom stereocenters. The zero-order valence-corrected chi connectivity index (χ0v) is 7.95. The smallest absolute Gasteiger partial charge is 1.00 e. The van der Waals surface area contributed by atoms with Crippen LogP contribution >= 0.6 is 0 Å². The summed E-state index contributed by atoms with van der Waals surface area (Å²) in [7, 11) is 0. The van der Waals surface area contributed by atoms with Gasteiger partial charge in [-0.15, -0.1) is 0 Å². The molecule has 2 radical (unpaired) electrons. The number of rotatable bonds is 0. The molecule has 0 aromatic carbocycles. The average Bonchev–Trinajstić information content (AvgIpc) is 0. The van der Waals surface area contributed by atoms with Gasteiger partial charge < -0.3 is 2.85 Å². The Morgan fingerprint density at radius 1 is 1.25 bits per heavy atom. The van der Waals surface area contributed by atoms with Gasteiger partial charge in [-0.1, -0.05) is 0 Å². The molecular weight excluding hydrogens is 284 g/mol. The molecule has 0 fully saturated rings. The summed E-state index contributed by atoms with van der Waals surface area (Å²) in [4.78, 5) is 0. The summed E-state index contributed by atoms with van der Waals surface area (Å²) in [5, 5.41) is 0. The Bertz CT molecular complexity index is 13.5. The second-order valence-electron chi connectivity index (χ2n) is 0. The predicted molar refractivity (Wildman–Crippen MR) is 19.3 cm³/mol. The van der Waals surface area contributed by atoms with Crippen LogP contribution in [0.5, 0.6) is 0 Å². The number of hydrogen-bond donors (Lipinski definition) is 0. The molecule has 0 bridgehead atoms. The van der Waals surface area contributed by atoms with E-state index in [4.69, 9.17) is 0 Å². The first-order valence-electron chi connectivity index (χ1n) is 0. The topological polar surface area (TPSA) is 0 Å². The molecule has 0 amide bonds. The van der Waals surface area contributed by atoms with E-state index in [1.165, 1.54) is 0 Å². The Morgan fingerprint density at radius 3 is 1.25 bits per heavy atom. The third-order valence-electron chi connectivity index (χ3n) is 0. The predicted octanol–water partition coefficient (Wildman–Crippen LogP) is -1.61. The zero-order valence-electron chi connectivity index (χ0n) is 3.39. The van der Waals surface area contributed by atoms with Crippen LogP contribution in [-0.4, -0.2) is 59.8 Å². The van der Waals surface area contributed by atoms with Crippen LogP contribution in [0.15, 0.2) is 0 Å². The van der Waals surface area contributed by atoms with Crippen molar-refractivity contribution in [1.29, 1.82) is 0 Å². The third kappa shape index (κ3) is 8.85. The molecule has 4 heavy (non-hydrogen) atoms. The van der Waals surface area contributed by atoms with E-state index < -0.39 is 0 Å². The van der Waals surface area contributed by atoms with Gasteiger partial charge in [-0.3, -0.25) is 0 Å². The van der Waals surface area contributed by atoms with Crippen molar-refractivity contribution < 1.29 is 37.0 Å². The zero-order chi connectivity index (χ0) is 0. The molecule has 0 saturated carbocycles. The maximum atomic E-state index is 0. The first kappa shape index (κ1) is 29.0. The molecule has 0 atom stereocenters. The van der Waals surface area contributed by atoms with E-state index in [-0.39, 0.29) is 96.8 Å². The van der Waals surface area contributed by atoms with Crippen LogP contribution < -0.4 is 0 Å². The van der Waals surface area contributed by atoms with Crippen LogP contribution in [0.25, 0.3) is 0 Å². The molecule has 0 aromatic heterocycles. The molecule has 0 aliphatic heterocycles. The fourth-order valence-corrected chi connectivity index (χ4v) is 0. The Balaban J connectivity index is 0. The van der Waals surface area contributed by atoms with Gasteiger partial charge >= 0.3 is 48.9 Å². The van der Waals surface area contributed by atoms with E-state index in [0.717, 1.165) is 0 Å². The molecule has 30 valence electrons. The van der Waals surface area contributed by atoms with Gasteiger partial charge in [0.2, 0.25) is 0 Å². The van der Waals surface area contributed by atoms with Crippen molar-refractivity contribution >= 4 is 59.8 Å². The summed E-state index contributed by atoms with van der Waals surface area (Å²) in [5.41, 5.74) is 0. The third-order valence-corrected chi connectivity index (χ3v) is 0. The maximum Gasteiger partial charge on any atom is 2.00 e. The van der Waals surface area contributed by atoms with E-state index in [1.807, 2.05) is 0 Å². The minimum absolute atomic E-state index is 0. The standard InChI is InChI=1S/Ba.Cu.Mn.H4Si.2H/h;;;1H4;;/q+2;;;;2*-1. The monoisotopic (exact) mass is 290 g/mol. The van der Waals surface area contributed by atoms with E-state index in [2.05, 4.69) is 0 Å². The number of hydrogen-bond acceptors (Lipinski definition) is 0. The SMILES string of the molecule is [Ba+2].[Cu].[H-].[H-].[Mn].[SiH4]. The van der Waals surface area contributed by atoms with Gasteiger partial charge in [0.1, 0.15) is 0 Å². The largest absolute Gasteiger partial charge is 2.00 e. The van der Waals surface area contributed by atoms with E-state index >= 15 is 0 Å². The summed E-state index contributed by atoms with van der Waals surface area (Å²) >= 11 is 0. The molecule has 0 heterocycles. The van der Waals surface area contributed by atoms with Crippen molar-refractivity contribution in [3.63, 3.8) is 0 Å². The summed E-state index contributed by atoms with van der Waals surface area (Å²) in [6.07, 6.45) is 0. The summed E-state index contributed by atoms with van der Waals surface area (Å²) in [6, 6.07) is 0. The second kappa shape index (κ2) is 17.0. The van der Waals surface area contributed by atoms with Gasteiger partial charge in [0, 0.05) is 34.1 Å². The van der Waals surface area contributed by atoms with Crippen molar-refractivity contribution in [2.45, 2.75) is 0 Å². The molecule has 0 rings (SSSR count). The Hall–Kier alpha value is 2.83. The molecule has 0 aromatic rings. The van der Waals surface area contributed by atoms with Gasteiger partial charge in [-0.25, -0.2) is 0 Å². The minimum Gasteiger partial charge on any atom is -1.00 e. The molecular formula is H6BaCuMnSi. The van der Waals surface area contributed by atoms with Gasteiger partial charge in [0.15, 0.2) is 0 Å². The van der Waals surface area contributed by atoms with Crippen molar-refractivity contribution in [2.24, 2.45) is 0 Å². The molecule has 4 heteroatoms. The molecule has 0 nitrogen and oxygen atoms in total. The van der Waals surface area contributed by atoms with Gasteiger partial charge in [0.05, 0.1) is 0 Å². The van der Waals surface area contributed by atoms with Crippen LogP contribution in [0.4, 0.5) is 0 Å². The minimum atomic E-state index is 0. The van der Waals surface area contributed by atoms with Crippen LogP contribution in [-0.2, 0) is 34.1 Å². The van der Waals surface area contributed by atoms with Crippen LogP contribution in [0.3, 0.4) is 0 Å². The van der Waals surface area contributed by atoms with Crippen molar-refractivity contribution in [2.75, 3.05) is 0 Å². The maximum absolute atomic E-state index is 0. The molecule has 0 aliphatic rings. The molecule has 0 aliphatic carbocycles. The van der Waals surface area contributed by atoms with Gasteiger partial charge in [0.25, 0.3) is 0 Å². The fraction of sp³-hybridized carbons (Fsp3) is 0. The van der Waals surface area contributed by atoms with E-state index in [0.29, 0.717) is 0 Å². The molecule has 0 spiro atoms. The molecule has 0 N–H and O–H groups in total. The van der Waals surface area contributed by atoms with E-state index in [9.17, 15) is 0 Å². The van der Waals surface area contributed by atoms with Crippen LogP contribution in [0.2, 0.25) is 0 Å². The first-order valence-corrected chi connectivity index (χ1v) is 0. The fourth-order valence-electron chi connectivity index (χ4n) is 0.